The van der Waals surface area contributed by atoms with Gasteiger partial charge in [0.2, 0.25) is 0 Å². The van der Waals surface area contributed by atoms with Crippen LogP contribution >= 0.6 is 0 Å². The van der Waals surface area contributed by atoms with Crippen molar-refractivity contribution in [3.05, 3.63) is 82.1 Å². The molecule has 2 aliphatic rings. The molecule has 0 saturated heterocycles. The van der Waals surface area contributed by atoms with Crippen molar-refractivity contribution in [2.24, 2.45) is 5.92 Å². The molecule has 1 unspecified atom stereocenters. The maximum atomic E-state index is 13.4. The number of Topliss-reactive ketones (excluding diaryl/α,β-unsaturated/α-hetero) is 1. The molecule has 25 heavy (non-hydrogen) atoms. The molecule has 1 nitrogen and oxygen atoms in total. The van der Waals surface area contributed by atoms with Crippen molar-refractivity contribution >= 4 is 25.5 Å². The first-order valence-electron chi connectivity index (χ1n) is 9.09. The molecule has 0 aliphatic heterocycles. The van der Waals surface area contributed by atoms with Crippen LogP contribution in [0.25, 0.3) is 11.6 Å². The van der Waals surface area contributed by atoms with Crippen molar-refractivity contribution in [3.63, 3.8) is 0 Å². The Bertz CT molecular complexity index is 891. The monoisotopic (exact) mass is 344 g/mol. The van der Waals surface area contributed by atoms with Crippen molar-refractivity contribution in [3.8, 4) is 0 Å². The lowest BCUT2D eigenvalue weighted by Crippen LogP contribution is -2.32. The Labute approximate surface area is 151 Å². The Morgan fingerprint density at radius 1 is 0.920 bits per heavy atom. The SMILES string of the molecule is C[Si](C)(C)C(=C1CC1)C1C(=O)c2ccccc2/C1=C\c1ccccc1. The Hall–Kier alpha value is -2.19. The average molecular weight is 345 g/mol. The van der Waals surface area contributed by atoms with Gasteiger partial charge >= 0.3 is 0 Å². The van der Waals surface area contributed by atoms with Gasteiger partial charge < -0.3 is 0 Å². The van der Waals surface area contributed by atoms with E-state index in [1.807, 2.05) is 24.3 Å². The van der Waals surface area contributed by atoms with Crippen LogP contribution in [0.2, 0.25) is 19.6 Å². The molecule has 1 saturated carbocycles. The van der Waals surface area contributed by atoms with Crippen molar-refractivity contribution in [1.82, 2.24) is 0 Å². The molecule has 2 heteroatoms. The third-order valence-corrected chi connectivity index (χ3v) is 7.43. The van der Waals surface area contributed by atoms with Gasteiger partial charge in [0.1, 0.15) is 0 Å². The van der Waals surface area contributed by atoms with E-state index in [-0.39, 0.29) is 5.92 Å². The molecule has 1 fully saturated rings. The first kappa shape index (κ1) is 16.3. The van der Waals surface area contributed by atoms with E-state index in [0.29, 0.717) is 5.78 Å². The smallest absolute Gasteiger partial charge is 0.174 e. The molecule has 0 radical (unpaired) electrons. The van der Waals surface area contributed by atoms with Crippen LogP contribution in [0.15, 0.2) is 65.4 Å². The van der Waals surface area contributed by atoms with Gasteiger partial charge in [-0.2, -0.15) is 0 Å². The van der Waals surface area contributed by atoms with E-state index in [2.05, 4.69) is 56.0 Å². The fourth-order valence-corrected chi connectivity index (χ4v) is 6.54. The summed E-state index contributed by atoms with van der Waals surface area (Å²) in [4.78, 5) is 13.4. The Balaban J connectivity index is 1.93. The zero-order valence-electron chi connectivity index (χ0n) is 15.2. The minimum Gasteiger partial charge on any atom is -0.293 e. The highest BCUT2D eigenvalue weighted by molar-refractivity contribution is 6.84. The maximum absolute atomic E-state index is 13.4. The second kappa shape index (κ2) is 5.96. The lowest BCUT2D eigenvalue weighted by Gasteiger charge is -2.27. The number of ketones is 1. The van der Waals surface area contributed by atoms with Crippen LogP contribution in [0, 0.1) is 5.92 Å². The first-order valence-corrected chi connectivity index (χ1v) is 12.6. The largest absolute Gasteiger partial charge is 0.293 e. The minimum absolute atomic E-state index is 0.0678. The molecule has 126 valence electrons. The molecule has 0 spiro atoms. The summed E-state index contributed by atoms with van der Waals surface area (Å²) in [6.07, 6.45) is 4.59. The topological polar surface area (TPSA) is 17.1 Å². The predicted molar refractivity (Wildman–Crippen MR) is 108 cm³/mol. The second-order valence-corrected chi connectivity index (χ2v) is 13.2. The molecule has 2 aromatic carbocycles. The van der Waals surface area contributed by atoms with Crippen LogP contribution in [0.3, 0.4) is 0 Å². The summed E-state index contributed by atoms with van der Waals surface area (Å²) in [5, 5.41) is 1.48. The molecule has 1 atom stereocenters. The molecule has 4 rings (SSSR count). The molecule has 0 N–H and O–H groups in total. The summed E-state index contributed by atoms with van der Waals surface area (Å²) >= 11 is 0. The Morgan fingerprint density at radius 3 is 2.12 bits per heavy atom. The Kier molecular flexibility index (Phi) is 3.88. The number of carbonyl (C=O) groups excluding carboxylic acids is 1. The number of hydrogen-bond donors (Lipinski definition) is 0. The van der Waals surface area contributed by atoms with Gasteiger partial charge in [-0.3, -0.25) is 4.79 Å². The van der Waals surface area contributed by atoms with Crippen LogP contribution in [0.1, 0.15) is 34.3 Å². The van der Waals surface area contributed by atoms with Gasteiger partial charge in [0, 0.05) is 5.56 Å². The normalized spacial score (nSPS) is 20.8. The van der Waals surface area contributed by atoms with E-state index < -0.39 is 8.07 Å². The quantitative estimate of drug-likeness (QED) is 0.623. The van der Waals surface area contributed by atoms with Crippen molar-refractivity contribution < 1.29 is 4.79 Å². The van der Waals surface area contributed by atoms with E-state index in [1.165, 1.54) is 29.2 Å². The molecule has 2 aliphatic carbocycles. The van der Waals surface area contributed by atoms with Gasteiger partial charge in [0.15, 0.2) is 5.78 Å². The molecule has 2 aromatic rings. The van der Waals surface area contributed by atoms with E-state index in [0.717, 1.165) is 11.1 Å². The van der Waals surface area contributed by atoms with Gasteiger partial charge in [-0.15, -0.1) is 0 Å². The molecule has 0 heterocycles. The summed E-state index contributed by atoms with van der Waals surface area (Å²) < 4.78 is 0. The zero-order chi connectivity index (χ0) is 17.6. The number of allylic oxidation sites excluding steroid dienone is 3. The van der Waals surface area contributed by atoms with Gasteiger partial charge in [-0.1, -0.05) is 91.1 Å². The fourth-order valence-electron chi connectivity index (χ4n) is 4.08. The summed E-state index contributed by atoms with van der Waals surface area (Å²) in [6.45, 7) is 7.14. The van der Waals surface area contributed by atoms with Crippen LogP contribution in [0.4, 0.5) is 0 Å². The molecular weight excluding hydrogens is 320 g/mol. The Morgan fingerprint density at radius 2 is 1.52 bits per heavy atom. The minimum atomic E-state index is -1.57. The number of hydrogen-bond acceptors (Lipinski definition) is 1. The van der Waals surface area contributed by atoms with Crippen LogP contribution in [0.5, 0.6) is 0 Å². The fraction of sp³-hybridized carbons (Fsp3) is 0.261. The van der Waals surface area contributed by atoms with E-state index >= 15 is 0 Å². The number of fused-ring (bicyclic) bond motifs is 1. The van der Waals surface area contributed by atoms with E-state index in [9.17, 15) is 4.79 Å². The molecule has 0 aromatic heterocycles. The van der Waals surface area contributed by atoms with Crippen LogP contribution < -0.4 is 0 Å². The first-order chi connectivity index (χ1) is 12.0. The van der Waals surface area contributed by atoms with E-state index in [4.69, 9.17) is 0 Å². The summed E-state index contributed by atoms with van der Waals surface area (Å²) in [5.41, 5.74) is 5.93. The highest BCUT2D eigenvalue weighted by atomic mass is 28.3. The van der Waals surface area contributed by atoms with Gasteiger partial charge in [-0.05, 0) is 29.5 Å². The van der Waals surface area contributed by atoms with Gasteiger partial charge in [-0.25, -0.2) is 0 Å². The summed E-state index contributed by atoms with van der Waals surface area (Å²) in [5.74, 6) is 0.233. The molecule has 0 amide bonds. The van der Waals surface area contributed by atoms with Crippen molar-refractivity contribution in [1.29, 1.82) is 0 Å². The molecule has 0 bridgehead atoms. The maximum Gasteiger partial charge on any atom is 0.174 e. The highest BCUT2D eigenvalue weighted by Gasteiger charge is 2.43. The van der Waals surface area contributed by atoms with E-state index in [1.54, 1.807) is 5.57 Å². The van der Waals surface area contributed by atoms with Crippen LogP contribution in [-0.2, 0) is 0 Å². The number of rotatable bonds is 3. The summed E-state index contributed by atoms with van der Waals surface area (Å²) in [6, 6.07) is 18.5. The molecular formula is C23H24OSi. The van der Waals surface area contributed by atoms with Gasteiger partial charge in [0.05, 0.1) is 14.0 Å². The average Bonchev–Trinajstić information content (AvgIpc) is 3.38. The number of carbonyl (C=O) groups is 1. The number of benzene rings is 2. The lowest BCUT2D eigenvalue weighted by molar-refractivity contribution is 0.0974. The second-order valence-electron chi connectivity index (χ2n) is 8.12. The van der Waals surface area contributed by atoms with Gasteiger partial charge in [0.25, 0.3) is 0 Å². The van der Waals surface area contributed by atoms with Crippen molar-refractivity contribution in [2.75, 3.05) is 0 Å². The summed E-state index contributed by atoms with van der Waals surface area (Å²) in [7, 11) is -1.57. The third-order valence-electron chi connectivity index (χ3n) is 5.18. The lowest BCUT2D eigenvalue weighted by atomic mass is 9.95. The van der Waals surface area contributed by atoms with Crippen molar-refractivity contribution in [2.45, 2.75) is 32.5 Å². The zero-order valence-corrected chi connectivity index (χ0v) is 16.2. The standard InChI is InChI=1S/C23H24OSi/c1-25(2,3)23(17-13-14-17)21-20(15-16-9-5-4-6-10-16)18-11-7-8-12-19(18)22(21)24/h4-12,15,21H,13-14H2,1-3H3/b20-15+. The van der Waals surface area contributed by atoms with Crippen LogP contribution in [-0.4, -0.2) is 13.9 Å². The highest BCUT2D eigenvalue weighted by Crippen LogP contribution is 2.49. The third kappa shape index (κ3) is 2.95. The predicted octanol–water partition coefficient (Wildman–Crippen LogP) is 6.01.